The molecule has 4 heteroatoms. The SMILES string of the molecule is CC1COC(=O)O1.[Na]. The maximum Gasteiger partial charge on any atom is 0.508 e. The topological polar surface area (TPSA) is 35.5 Å². The zero-order chi connectivity index (χ0) is 5.28. The van der Waals surface area contributed by atoms with Crippen LogP contribution < -0.4 is 0 Å². The summed E-state index contributed by atoms with van der Waals surface area (Å²) in [5.74, 6) is 0. The smallest absolute Gasteiger partial charge is 0.430 e. The van der Waals surface area contributed by atoms with Crippen LogP contribution in [0.1, 0.15) is 6.92 Å². The van der Waals surface area contributed by atoms with Crippen molar-refractivity contribution in [1.29, 1.82) is 0 Å². The van der Waals surface area contributed by atoms with Gasteiger partial charge in [-0.3, -0.25) is 0 Å². The molecule has 1 rings (SSSR count). The average molecular weight is 125 g/mol. The third-order valence-electron chi connectivity index (χ3n) is 0.733. The van der Waals surface area contributed by atoms with Gasteiger partial charge in [0, 0.05) is 29.6 Å². The van der Waals surface area contributed by atoms with Crippen molar-refractivity contribution in [2.75, 3.05) is 6.61 Å². The van der Waals surface area contributed by atoms with Gasteiger partial charge >= 0.3 is 6.16 Å². The maximum absolute atomic E-state index is 10.0. The molecule has 0 aromatic carbocycles. The monoisotopic (exact) mass is 125 g/mol. The Hall–Kier alpha value is 0.270. The van der Waals surface area contributed by atoms with Crippen molar-refractivity contribution >= 4 is 35.7 Å². The second kappa shape index (κ2) is 3.33. The molecule has 8 heavy (non-hydrogen) atoms. The fraction of sp³-hybridized carbons (Fsp3) is 0.750. The molecule has 1 heterocycles. The van der Waals surface area contributed by atoms with Crippen LogP contribution in [-0.4, -0.2) is 48.4 Å². The van der Waals surface area contributed by atoms with Crippen LogP contribution in [-0.2, 0) is 9.47 Å². The predicted octanol–water partition coefficient (Wildman–Crippen LogP) is 0.161. The Morgan fingerprint density at radius 2 is 2.38 bits per heavy atom. The Morgan fingerprint density at radius 1 is 1.75 bits per heavy atom. The number of rotatable bonds is 0. The molecule has 0 bridgehead atoms. The number of hydrogen-bond acceptors (Lipinski definition) is 3. The molecule has 0 spiro atoms. The molecule has 1 radical (unpaired) electrons. The van der Waals surface area contributed by atoms with E-state index >= 15 is 0 Å². The van der Waals surface area contributed by atoms with E-state index in [-0.39, 0.29) is 35.7 Å². The molecule has 1 aliphatic rings. The minimum atomic E-state index is -0.549. The number of ether oxygens (including phenoxy) is 2. The first-order valence-electron chi connectivity index (χ1n) is 2.12. The molecular weight excluding hydrogens is 119 g/mol. The van der Waals surface area contributed by atoms with Crippen molar-refractivity contribution in [2.24, 2.45) is 0 Å². The van der Waals surface area contributed by atoms with Crippen molar-refractivity contribution in [3.05, 3.63) is 0 Å². The fourth-order valence-electron chi connectivity index (χ4n) is 0.418. The number of cyclic esters (lactones) is 2. The summed E-state index contributed by atoms with van der Waals surface area (Å²) in [7, 11) is 0. The van der Waals surface area contributed by atoms with Gasteiger partial charge in [-0.2, -0.15) is 0 Å². The summed E-state index contributed by atoms with van der Waals surface area (Å²) in [4.78, 5) is 10.0. The van der Waals surface area contributed by atoms with Crippen LogP contribution in [0, 0.1) is 0 Å². The molecule has 0 aromatic heterocycles. The van der Waals surface area contributed by atoms with E-state index in [9.17, 15) is 4.79 Å². The Bertz CT molecular complexity index is 93.3. The molecule has 41 valence electrons. The van der Waals surface area contributed by atoms with Crippen molar-refractivity contribution in [3.63, 3.8) is 0 Å². The van der Waals surface area contributed by atoms with Crippen molar-refractivity contribution < 1.29 is 14.3 Å². The molecule has 0 aliphatic carbocycles. The van der Waals surface area contributed by atoms with Gasteiger partial charge in [-0.25, -0.2) is 4.79 Å². The Morgan fingerprint density at radius 3 is 2.50 bits per heavy atom. The molecule has 1 unspecified atom stereocenters. The third kappa shape index (κ3) is 2.03. The molecular formula is C4H6NaO3. The van der Waals surface area contributed by atoms with Crippen LogP contribution in [0.3, 0.4) is 0 Å². The second-order valence-corrected chi connectivity index (χ2v) is 1.49. The number of carbonyl (C=O) groups is 1. The van der Waals surface area contributed by atoms with Gasteiger partial charge < -0.3 is 9.47 Å². The van der Waals surface area contributed by atoms with E-state index in [1.807, 2.05) is 0 Å². The Balaban J connectivity index is 0.000000490. The predicted molar refractivity (Wildman–Crippen MR) is 27.6 cm³/mol. The van der Waals surface area contributed by atoms with Crippen molar-refractivity contribution in [2.45, 2.75) is 13.0 Å². The largest absolute Gasteiger partial charge is 0.508 e. The molecule has 0 saturated carbocycles. The molecule has 0 N–H and O–H groups in total. The number of hydrogen-bond donors (Lipinski definition) is 0. The summed E-state index contributed by atoms with van der Waals surface area (Å²) < 4.78 is 8.90. The number of carbonyl (C=O) groups excluding carboxylic acids is 1. The standard InChI is InChI=1S/C4H6O3.Na/c1-3-2-6-4(5)7-3;/h3H,2H2,1H3;. The van der Waals surface area contributed by atoms with Gasteiger partial charge in [0.1, 0.15) is 12.7 Å². The van der Waals surface area contributed by atoms with Crippen LogP contribution >= 0.6 is 0 Å². The molecule has 0 aromatic rings. The van der Waals surface area contributed by atoms with Crippen LogP contribution in [0.15, 0.2) is 0 Å². The van der Waals surface area contributed by atoms with Gasteiger partial charge in [0.05, 0.1) is 0 Å². The molecule has 1 fully saturated rings. The van der Waals surface area contributed by atoms with Gasteiger partial charge in [-0.15, -0.1) is 0 Å². The van der Waals surface area contributed by atoms with Gasteiger partial charge in [0.2, 0.25) is 0 Å². The Kier molecular flexibility index (Phi) is 3.44. The van der Waals surface area contributed by atoms with E-state index in [2.05, 4.69) is 9.47 Å². The quantitative estimate of drug-likeness (QED) is 0.341. The van der Waals surface area contributed by atoms with Crippen molar-refractivity contribution in [1.82, 2.24) is 0 Å². The van der Waals surface area contributed by atoms with E-state index in [1.54, 1.807) is 6.92 Å². The van der Waals surface area contributed by atoms with Gasteiger partial charge in [0.25, 0.3) is 0 Å². The van der Waals surface area contributed by atoms with E-state index in [0.717, 1.165) is 0 Å². The molecule has 1 aliphatic heterocycles. The van der Waals surface area contributed by atoms with Gasteiger partial charge in [-0.05, 0) is 6.92 Å². The first-order chi connectivity index (χ1) is 3.29. The molecule has 3 nitrogen and oxygen atoms in total. The summed E-state index contributed by atoms with van der Waals surface area (Å²) >= 11 is 0. The summed E-state index contributed by atoms with van der Waals surface area (Å²) in [6.45, 7) is 2.18. The van der Waals surface area contributed by atoms with Crippen molar-refractivity contribution in [3.8, 4) is 0 Å². The van der Waals surface area contributed by atoms with E-state index in [1.165, 1.54) is 0 Å². The van der Waals surface area contributed by atoms with Crippen LogP contribution in [0.2, 0.25) is 0 Å². The Labute approximate surface area is 69.6 Å². The van der Waals surface area contributed by atoms with E-state index in [0.29, 0.717) is 6.61 Å². The first-order valence-corrected chi connectivity index (χ1v) is 2.12. The maximum atomic E-state index is 10.0. The third-order valence-corrected chi connectivity index (χ3v) is 0.733. The summed E-state index contributed by atoms with van der Waals surface area (Å²) in [5, 5.41) is 0. The van der Waals surface area contributed by atoms with Gasteiger partial charge in [0.15, 0.2) is 0 Å². The average Bonchev–Trinajstić information content (AvgIpc) is 1.87. The van der Waals surface area contributed by atoms with Crippen LogP contribution in [0.5, 0.6) is 0 Å². The second-order valence-electron chi connectivity index (χ2n) is 1.49. The van der Waals surface area contributed by atoms with Gasteiger partial charge in [-0.1, -0.05) is 0 Å². The fourth-order valence-corrected chi connectivity index (χ4v) is 0.418. The van der Waals surface area contributed by atoms with Crippen LogP contribution in [0.4, 0.5) is 4.79 Å². The normalized spacial score (nSPS) is 25.6. The molecule has 1 atom stereocenters. The summed E-state index contributed by atoms with van der Waals surface area (Å²) in [6, 6.07) is 0. The minimum absolute atomic E-state index is 0. The zero-order valence-electron chi connectivity index (χ0n) is 5.01. The first kappa shape index (κ1) is 8.27. The van der Waals surface area contributed by atoms with E-state index in [4.69, 9.17) is 0 Å². The minimum Gasteiger partial charge on any atom is -0.430 e. The molecule has 0 amide bonds. The van der Waals surface area contributed by atoms with E-state index < -0.39 is 6.16 Å². The van der Waals surface area contributed by atoms with Crippen LogP contribution in [0.25, 0.3) is 0 Å². The zero-order valence-corrected chi connectivity index (χ0v) is 7.01. The summed E-state index contributed by atoms with van der Waals surface area (Å²) in [5.41, 5.74) is 0. The molecule has 1 saturated heterocycles. The summed E-state index contributed by atoms with van der Waals surface area (Å²) in [6.07, 6.45) is -0.597.